The van der Waals surface area contributed by atoms with Gasteiger partial charge in [-0.15, -0.1) is 0 Å². The van der Waals surface area contributed by atoms with Crippen molar-refractivity contribution in [1.29, 1.82) is 0 Å². The number of anilines is 2. The molecular weight excluding hydrogens is 280 g/mol. The van der Waals surface area contributed by atoms with Crippen molar-refractivity contribution < 1.29 is 9.84 Å². The van der Waals surface area contributed by atoms with Crippen LogP contribution in [0, 0.1) is 0 Å². The van der Waals surface area contributed by atoms with Gasteiger partial charge in [-0.25, -0.2) is 9.97 Å². The molecule has 1 saturated carbocycles. The van der Waals surface area contributed by atoms with Crippen LogP contribution in [0.3, 0.4) is 0 Å². The lowest BCUT2D eigenvalue weighted by molar-refractivity contribution is 0.0669. The number of aliphatic hydroxyl groups excluding tert-OH is 1. The van der Waals surface area contributed by atoms with Gasteiger partial charge in [0, 0.05) is 25.8 Å². The van der Waals surface area contributed by atoms with Gasteiger partial charge in [-0.2, -0.15) is 0 Å². The SMILES string of the molecule is COC1CCCC(Nc2cc(N3CCCC3CO)ncn2)C1. The van der Waals surface area contributed by atoms with Crippen molar-refractivity contribution in [2.75, 3.05) is 30.5 Å². The lowest BCUT2D eigenvalue weighted by Gasteiger charge is -2.29. The third kappa shape index (κ3) is 3.50. The van der Waals surface area contributed by atoms with Gasteiger partial charge in [-0.05, 0) is 38.5 Å². The molecule has 6 heteroatoms. The van der Waals surface area contributed by atoms with Crippen molar-refractivity contribution in [3.05, 3.63) is 12.4 Å². The normalized spacial score (nSPS) is 28.8. The Morgan fingerprint density at radius 1 is 1.32 bits per heavy atom. The van der Waals surface area contributed by atoms with Gasteiger partial charge in [0.15, 0.2) is 0 Å². The van der Waals surface area contributed by atoms with E-state index in [1.54, 1.807) is 13.4 Å². The smallest absolute Gasteiger partial charge is 0.134 e. The summed E-state index contributed by atoms with van der Waals surface area (Å²) in [5.41, 5.74) is 0. The molecule has 122 valence electrons. The van der Waals surface area contributed by atoms with Crippen molar-refractivity contribution in [3.8, 4) is 0 Å². The van der Waals surface area contributed by atoms with Gasteiger partial charge in [-0.3, -0.25) is 0 Å². The van der Waals surface area contributed by atoms with E-state index in [2.05, 4.69) is 20.2 Å². The second-order valence-electron chi connectivity index (χ2n) is 6.30. The van der Waals surface area contributed by atoms with Crippen LogP contribution >= 0.6 is 0 Å². The Balaban J connectivity index is 1.66. The lowest BCUT2D eigenvalue weighted by Crippen LogP contribution is -2.33. The zero-order valence-corrected chi connectivity index (χ0v) is 13.2. The van der Waals surface area contributed by atoms with E-state index < -0.39 is 0 Å². The van der Waals surface area contributed by atoms with Crippen molar-refractivity contribution in [3.63, 3.8) is 0 Å². The Morgan fingerprint density at radius 2 is 2.23 bits per heavy atom. The fourth-order valence-corrected chi connectivity index (χ4v) is 3.61. The van der Waals surface area contributed by atoms with Crippen LogP contribution < -0.4 is 10.2 Å². The third-order valence-electron chi connectivity index (χ3n) is 4.85. The number of rotatable bonds is 5. The van der Waals surface area contributed by atoms with Crippen molar-refractivity contribution in [1.82, 2.24) is 9.97 Å². The molecular formula is C16H26N4O2. The second-order valence-corrected chi connectivity index (χ2v) is 6.30. The predicted octanol–water partition coefficient (Wildman–Crippen LogP) is 1.81. The first-order valence-corrected chi connectivity index (χ1v) is 8.29. The van der Waals surface area contributed by atoms with E-state index in [9.17, 15) is 5.11 Å². The standard InChI is InChI=1S/C16H26N4O2/c1-22-14-6-2-4-12(8-14)19-15-9-16(18-11-17-15)20-7-3-5-13(20)10-21/h9,11-14,21H,2-8,10H2,1H3,(H,17,18,19). The molecule has 3 rings (SSSR count). The van der Waals surface area contributed by atoms with Crippen LogP contribution in [0.4, 0.5) is 11.6 Å². The molecule has 6 nitrogen and oxygen atoms in total. The minimum absolute atomic E-state index is 0.185. The molecule has 3 atom stereocenters. The van der Waals surface area contributed by atoms with E-state index >= 15 is 0 Å². The van der Waals surface area contributed by atoms with Crippen molar-refractivity contribution in [2.45, 2.75) is 56.7 Å². The first-order chi connectivity index (χ1) is 10.8. The van der Waals surface area contributed by atoms with Crippen LogP contribution in [-0.2, 0) is 4.74 Å². The molecule has 0 bridgehead atoms. The summed E-state index contributed by atoms with van der Waals surface area (Å²) in [4.78, 5) is 10.9. The number of aliphatic hydroxyl groups is 1. The zero-order chi connectivity index (χ0) is 15.4. The van der Waals surface area contributed by atoms with Crippen molar-refractivity contribution >= 4 is 11.6 Å². The third-order valence-corrected chi connectivity index (χ3v) is 4.85. The Morgan fingerprint density at radius 3 is 3.05 bits per heavy atom. The topological polar surface area (TPSA) is 70.5 Å². The molecule has 1 saturated heterocycles. The maximum absolute atomic E-state index is 9.47. The average molecular weight is 306 g/mol. The number of hydrogen-bond donors (Lipinski definition) is 2. The summed E-state index contributed by atoms with van der Waals surface area (Å²) in [6.07, 6.45) is 8.62. The largest absolute Gasteiger partial charge is 0.394 e. The number of ether oxygens (including phenoxy) is 1. The molecule has 0 radical (unpaired) electrons. The van der Waals surface area contributed by atoms with Crippen molar-refractivity contribution in [2.24, 2.45) is 0 Å². The number of hydrogen-bond acceptors (Lipinski definition) is 6. The molecule has 2 fully saturated rings. The highest BCUT2D eigenvalue weighted by Gasteiger charge is 2.26. The fourth-order valence-electron chi connectivity index (χ4n) is 3.61. The lowest BCUT2D eigenvalue weighted by atomic mass is 9.93. The number of nitrogens with zero attached hydrogens (tertiary/aromatic N) is 3. The van der Waals surface area contributed by atoms with Gasteiger partial charge in [-0.1, -0.05) is 0 Å². The van der Waals surface area contributed by atoms with Crippen LogP contribution in [0.25, 0.3) is 0 Å². The van der Waals surface area contributed by atoms with Crippen LogP contribution in [0.15, 0.2) is 12.4 Å². The molecule has 1 aromatic heterocycles. The van der Waals surface area contributed by atoms with E-state index in [-0.39, 0.29) is 12.6 Å². The first-order valence-electron chi connectivity index (χ1n) is 8.29. The molecule has 22 heavy (non-hydrogen) atoms. The maximum atomic E-state index is 9.47. The number of methoxy groups -OCH3 is 1. The van der Waals surface area contributed by atoms with Crippen LogP contribution in [0.1, 0.15) is 38.5 Å². The van der Waals surface area contributed by atoms with Crippen LogP contribution in [-0.4, -0.2) is 53.5 Å². The number of aromatic nitrogens is 2. The minimum atomic E-state index is 0.185. The van der Waals surface area contributed by atoms with Gasteiger partial charge in [0.1, 0.15) is 18.0 Å². The molecule has 0 amide bonds. The first kappa shape index (κ1) is 15.5. The number of nitrogens with one attached hydrogen (secondary N) is 1. The van der Waals surface area contributed by atoms with Gasteiger partial charge in [0.2, 0.25) is 0 Å². The molecule has 0 spiro atoms. The highest BCUT2D eigenvalue weighted by Crippen LogP contribution is 2.27. The summed E-state index contributed by atoms with van der Waals surface area (Å²) >= 11 is 0. The summed E-state index contributed by atoms with van der Waals surface area (Å²) in [5.74, 6) is 1.78. The maximum Gasteiger partial charge on any atom is 0.134 e. The molecule has 2 N–H and O–H groups in total. The Kier molecular flexibility index (Phi) is 5.10. The van der Waals surface area contributed by atoms with E-state index in [1.165, 1.54) is 6.42 Å². The highest BCUT2D eigenvalue weighted by molar-refractivity contribution is 5.50. The molecule has 3 unspecified atom stereocenters. The van der Waals surface area contributed by atoms with Gasteiger partial charge in [0.25, 0.3) is 0 Å². The minimum Gasteiger partial charge on any atom is -0.394 e. The van der Waals surface area contributed by atoms with Gasteiger partial charge >= 0.3 is 0 Å². The Labute approximate surface area is 131 Å². The second kappa shape index (κ2) is 7.24. The van der Waals surface area contributed by atoms with E-state index in [1.807, 2.05) is 6.07 Å². The molecule has 2 heterocycles. The van der Waals surface area contributed by atoms with E-state index in [0.717, 1.165) is 50.3 Å². The molecule has 2 aliphatic rings. The van der Waals surface area contributed by atoms with Gasteiger partial charge < -0.3 is 20.1 Å². The quantitative estimate of drug-likeness (QED) is 0.864. The predicted molar refractivity (Wildman–Crippen MR) is 86.2 cm³/mol. The summed E-state index contributed by atoms with van der Waals surface area (Å²) in [5, 5.41) is 13.0. The summed E-state index contributed by atoms with van der Waals surface area (Å²) < 4.78 is 5.48. The summed E-state index contributed by atoms with van der Waals surface area (Å²) in [6, 6.07) is 2.61. The van der Waals surface area contributed by atoms with Crippen LogP contribution in [0.2, 0.25) is 0 Å². The van der Waals surface area contributed by atoms with Gasteiger partial charge in [0.05, 0.1) is 18.8 Å². The Hall–Kier alpha value is -1.40. The zero-order valence-electron chi connectivity index (χ0n) is 13.2. The molecule has 1 aromatic rings. The van der Waals surface area contributed by atoms with E-state index in [4.69, 9.17) is 4.74 Å². The average Bonchev–Trinajstić information content (AvgIpc) is 3.04. The van der Waals surface area contributed by atoms with E-state index in [0.29, 0.717) is 12.1 Å². The molecule has 0 aromatic carbocycles. The molecule has 1 aliphatic carbocycles. The fraction of sp³-hybridized carbons (Fsp3) is 0.750. The Bertz CT molecular complexity index is 485. The highest BCUT2D eigenvalue weighted by atomic mass is 16.5. The molecule has 1 aliphatic heterocycles. The monoisotopic (exact) mass is 306 g/mol. The van der Waals surface area contributed by atoms with Crippen LogP contribution in [0.5, 0.6) is 0 Å². The summed E-state index contributed by atoms with van der Waals surface area (Å²) in [6.45, 7) is 1.14. The summed E-state index contributed by atoms with van der Waals surface area (Å²) in [7, 11) is 1.79.